The fourth-order valence-corrected chi connectivity index (χ4v) is 5.77. The van der Waals surface area contributed by atoms with E-state index in [4.69, 9.17) is 11.6 Å². The third-order valence-corrected chi connectivity index (χ3v) is 8.11. The van der Waals surface area contributed by atoms with E-state index in [1.807, 2.05) is 4.90 Å². The lowest BCUT2D eigenvalue weighted by Gasteiger charge is -2.39. The van der Waals surface area contributed by atoms with Crippen LogP contribution in [0.4, 0.5) is 13.2 Å². The van der Waals surface area contributed by atoms with Crippen molar-refractivity contribution in [3.05, 3.63) is 64.4 Å². The molecule has 218 valence electrons. The highest BCUT2D eigenvalue weighted by molar-refractivity contribution is 6.30. The zero-order valence-corrected chi connectivity index (χ0v) is 23.6. The highest BCUT2D eigenvalue weighted by Crippen LogP contribution is 2.39. The standard InChI is InChI=1S/C29H35ClF3N3O4/c1-29(2,3)36-16-22(21-9-6-19(30)15-24(21)31)23(17-36)26(37)35-12-10-34(11-13-35)25(27(38)39)14-18-4-7-20(8-5-18)40-28(32)33/h4-9,15,22-23,25,28H,10-14,16-17H2,1-3H3,(H,38,39)/t22-,23+,25-/m0/s1. The van der Waals surface area contributed by atoms with Crippen LogP contribution in [0.25, 0.3) is 0 Å². The summed E-state index contributed by atoms with van der Waals surface area (Å²) in [5.74, 6) is -2.24. The van der Waals surface area contributed by atoms with Gasteiger partial charge in [0, 0.05) is 55.7 Å². The minimum absolute atomic E-state index is 0.00600. The molecule has 7 nitrogen and oxygen atoms in total. The Bertz CT molecular complexity index is 1200. The van der Waals surface area contributed by atoms with Gasteiger partial charge in [-0.1, -0.05) is 29.8 Å². The maximum absolute atomic E-state index is 14.9. The number of hydrogen-bond donors (Lipinski definition) is 1. The number of ether oxygens (including phenoxy) is 1. The Balaban J connectivity index is 1.43. The number of benzene rings is 2. The van der Waals surface area contributed by atoms with Gasteiger partial charge in [0.05, 0.1) is 5.92 Å². The first-order valence-corrected chi connectivity index (χ1v) is 13.7. The van der Waals surface area contributed by atoms with Gasteiger partial charge < -0.3 is 14.7 Å². The smallest absolute Gasteiger partial charge is 0.387 e. The summed E-state index contributed by atoms with van der Waals surface area (Å²) in [4.78, 5) is 31.7. The van der Waals surface area contributed by atoms with Gasteiger partial charge in [-0.15, -0.1) is 0 Å². The molecular weight excluding hydrogens is 547 g/mol. The van der Waals surface area contributed by atoms with Crippen LogP contribution in [0.15, 0.2) is 42.5 Å². The van der Waals surface area contributed by atoms with Crippen LogP contribution >= 0.6 is 11.6 Å². The molecule has 0 bridgehead atoms. The number of carbonyl (C=O) groups is 2. The number of carboxylic acids is 1. The van der Waals surface area contributed by atoms with Crippen molar-refractivity contribution in [2.45, 2.75) is 51.3 Å². The largest absolute Gasteiger partial charge is 0.480 e. The summed E-state index contributed by atoms with van der Waals surface area (Å²) in [7, 11) is 0. The summed E-state index contributed by atoms with van der Waals surface area (Å²) >= 11 is 5.98. The zero-order chi connectivity index (χ0) is 29.2. The lowest BCUT2D eigenvalue weighted by atomic mass is 9.87. The molecule has 0 radical (unpaired) electrons. The third kappa shape index (κ3) is 7.08. The van der Waals surface area contributed by atoms with E-state index in [9.17, 15) is 27.9 Å². The van der Waals surface area contributed by atoms with Crippen LogP contribution in [0.3, 0.4) is 0 Å². The monoisotopic (exact) mass is 581 g/mol. The lowest BCUT2D eigenvalue weighted by Crippen LogP contribution is -2.56. The Hall–Kier alpha value is -2.82. The summed E-state index contributed by atoms with van der Waals surface area (Å²) in [5.41, 5.74) is 0.950. The molecule has 40 heavy (non-hydrogen) atoms. The van der Waals surface area contributed by atoms with Gasteiger partial charge in [-0.2, -0.15) is 8.78 Å². The zero-order valence-electron chi connectivity index (χ0n) is 22.8. The van der Waals surface area contributed by atoms with Crippen LogP contribution in [-0.2, 0) is 16.0 Å². The molecule has 0 spiro atoms. The molecule has 2 aromatic rings. The maximum Gasteiger partial charge on any atom is 0.387 e. The first kappa shape index (κ1) is 30.1. The summed E-state index contributed by atoms with van der Waals surface area (Å²) < 4.78 is 44.1. The Morgan fingerprint density at radius 3 is 2.25 bits per heavy atom. The normalized spacial score (nSPS) is 21.6. The number of hydrogen-bond acceptors (Lipinski definition) is 5. The van der Waals surface area contributed by atoms with E-state index >= 15 is 0 Å². The molecule has 3 atom stereocenters. The Morgan fingerprint density at radius 1 is 1.05 bits per heavy atom. The Kier molecular flexibility index (Phi) is 9.32. The lowest BCUT2D eigenvalue weighted by molar-refractivity contribution is -0.145. The maximum atomic E-state index is 14.9. The molecule has 1 N–H and O–H groups in total. The molecule has 2 aliphatic rings. The first-order valence-electron chi connectivity index (χ1n) is 13.3. The van der Waals surface area contributed by atoms with Gasteiger partial charge in [-0.25, -0.2) is 4.39 Å². The number of aliphatic carboxylic acids is 1. The van der Waals surface area contributed by atoms with E-state index < -0.39 is 30.4 Å². The number of piperazine rings is 1. The molecule has 2 heterocycles. The minimum Gasteiger partial charge on any atom is -0.480 e. The summed E-state index contributed by atoms with van der Waals surface area (Å²) in [5, 5.41) is 10.2. The van der Waals surface area contributed by atoms with Crippen molar-refractivity contribution in [1.82, 2.24) is 14.7 Å². The highest BCUT2D eigenvalue weighted by Gasteiger charge is 2.45. The van der Waals surface area contributed by atoms with Crippen LogP contribution in [0.1, 0.15) is 37.8 Å². The Morgan fingerprint density at radius 2 is 1.70 bits per heavy atom. The van der Waals surface area contributed by atoms with E-state index in [2.05, 4.69) is 30.4 Å². The molecule has 0 saturated carbocycles. The van der Waals surface area contributed by atoms with Crippen molar-refractivity contribution < 1.29 is 32.6 Å². The molecule has 2 fully saturated rings. The quantitative estimate of drug-likeness (QED) is 0.486. The average Bonchev–Trinajstić information content (AvgIpc) is 3.33. The number of amides is 1. The number of carbonyl (C=O) groups excluding carboxylic acids is 1. The van der Waals surface area contributed by atoms with Crippen LogP contribution in [-0.4, -0.2) is 89.1 Å². The van der Waals surface area contributed by atoms with E-state index in [0.717, 1.165) is 0 Å². The number of nitrogens with zero attached hydrogens (tertiary/aromatic N) is 3. The second-order valence-corrected chi connectivity index (χ2v) is 11.8. The van der Waals surface area contributed by atoms with Crippen LogP contribution < -0.4 is 4.74 Å². The van der Waals surface area contributed by atoms with E-state index in [-0.39, 0.29) is 29.5 Å². The SMILES string of the molecule is CC(C)(C)N1C[C@@H](C(=O)N2CCN([C@@H](Cc3ccc(OC(F)F)cc3)C(=O)O)CC2)[C@H](c2ccc(Cl)cc2F)C1. The van der Waals surface area contributed by atoms with Gasteiger partial charge in [0.25, 0.3) is 0 Å². The van der Waals surface area contributed by atoms with Crippen molar-refractivity contribution >= 4 is 23.5 Å². The number of likely N-dealkylation sites (tertiary alicyclic amines) is 1. The molecule has 2 aliphatic heterocycles. The molecule has 2 aromatic carbocycles. The summed E-state index contributed by atoms with van der Waals surface area (Å²) in [6, 6.07) is 9.68. The van der Waals surface area contributed by atoms with Gasteiger partial charge in [0.15, 0.2) is 0 Å². The minimum atomic E-state index is -2.93. The molecule has 11 heteroatoms. The van der Waals surface area contributed by atoms with Crippen molar-refractivity contribution in [2.24, 2.45) is 5.92 Å². The summed E-state index contributed by atoms with van der Waals surface area (Å²) in [6.07, 6.45) is 0.180. The molecule has 0 aliphatic carbocycles. The second kappa shape index (κ2) is 12.4. The first-order chi connectivity index (χ1) is 18.8. The number of carboxylic acid groups (broad SMARTS) is 1. The number of rotatable bonds is 8. The van der Waals surface area contributed by atoms with E-state index in [1.54, 1.807) is 29.2 Å². The van der Waals surface area contributed by atoms with Crippen molar-refractivity contribution in [3.63, 3.8) is 0 Å². The summed E-state index contributed by atoms with van der Waals surface area (Å²) in [6.45, 7) is 5.75. The van der Waals surface area contributed by atoms with Gasteiger partial charge >= 0.3 is 12.6 Å². The van der Waals surface area contributed by atoms with Gasteiger partial charge in [-0.05, 0) is 62.6 Å². The topological polar surface area (TPSA) is 73.3 Å². The predicted octanol–water partition coefficient (Wildman–Crippen LogP) is 4.73. The van der Waals surface area contributed by atoms with Crippen molar-refractivity contribution in [3.8, 4) is 5.75 Å². The second-order valence-electron chi connectivity index (χ2n) is 11.4. The molecule has 1 amide bonds. The fourth-order valence-electron chi connectivity index (χ4n) is 5.61. The van der Waals surface area contributed by atoms with Crippen molar-refractivity contribution in [1.29, 1.82) is 0 Å². The third-order valence-electron chi connectivity index (χ3n) is 7.88. The highest BCUT2D eigenvalue weighted by atomic mass is 35.5. The van der Waals surface area contributed by atoms with Crippen LogP contribution in [0, 0.1) is 11.7 Å². The molecule has 0 unspecified atom stereocenters. The predicted molar refractivity (Wildman–Crippen MR) is 145 cm³/mol. The van der Waals surface area contributed by atoms with Crippen molar-refractivity contribution in [2.75, 3.05) is 39.3 Å². The number of halogens is 4. The van der Waals surface area contributed by atoms with Gasteiger partial charge in [0.1, 0.15) is 17.6 Å². The van der Waals surface area contributed by atoms with Gasteiger partial charge in [-0.3, -0.25) is 19.4 Å². The van der Waals surface area contributed by atoms with E-state index in [0.29, 0.717) is 55.4 Å². The Labute approximate surface area is 237 Å². The van der Waals surface area contributed by atoms with Crippen LogP contribution in [0.2, 0.25) is 5.02 Å². The number of alkyl halides is 2. The fraction of sp³-hybridized carbons (Fsp3) is 0.517. The molecular formula is C29H35ClF3N3O4. The molecule has 0 aromatic heterocycles. The van der Waals surface area contributed by atoms with Gasteiger partial charge in [0.2, 0.25) is 5.91 Å². The molecule has 2 saturated heterocycles. The van der Waals surface area contributed by atoms with E-state index in [1.165, 1.54) is 18.2 Å². The van der Waals surface area contributed by atoms with Crippen LogP contribution in [0.5, 0.6) is 5.75 Å². The average molecular weight is 582 g/mol. The molecule has 4 rings (SSSR count).